The van der Waals surface area contributed by atoms with Gasteiger partial charge in [0.25, 0.3) is 11.5 Å². The Morgan fingerprint density at radius 1 is 1.26 bits per heavy atom. The molecule has 3 heterocycles. The number of thiazole rings is 1. The van der Waals surface area contributed by atoms with E-state index in [1.807, 2.05) is 17.5 Å². The summed E-state index contributed by atoms with van der Waals surface area (Å²) < 4.78 is 15.0. The number of carbonyl (C=O) groups is 1. The zero-order chi connectivity index (χ0) is 19.0. The predicted molar refractivity (Wildman–Crippen MR) is 99.2 cm³/mol. The van der Waals surface area contributed by atoms with Crippen LogP contribution in [0.5, 0.6) is 0 Å². The zero-order valence-electron chi connectivity index (χ0n) is 14.2. The van der Waals surface area contributed by atoms with Crippen LogP contribution in [0.15, 0.2) is 47.4 Å². The average Bonchev–Trinajstić information content (AvgIpc) is 3.20. The predicted octanol–water partition coefficient (Wildman–Crippen LogP) is 2.52. The van der Waals surface area contributed by atoms with Gasteiger partial charge in [0.2, 0.25) is 0 Å². The van der Waals surface area contributed by atoms with Crippen LogP contribution in [-0.4, -0.2) is 25.5 Å². The molecule has 0 atom stereocenters. The molecule has 0 radical (unpaired) electrons. The van der Waals surface area contributed by atoms with E-state index in [1.54, 1.807) is 12.1 Å². The Labute approximate surface area is 156 Å². The van der Waals surface area contributed by atoms with Crippen molar-refractivity contribution in [3.63, 3.8) is 0 Å². The molecule has 136 valence electrons. The minimum absolute atomic E-state index is 0.146. The molecule has 4 rings (SSSR count). The van der Waals surface area contributed by atoms with Gasteiger partial charge in [-0.25, -0.2) is 14.5 Å². The summed E-state index contributed by atoms with van der Waals surface area (Å²) in [6.45, 7) is 2.27. The summed E-state index contributed by atoms with van der Waals surface area (Å²) >= 11 is 1.47. The van der Waals surface area contributed by atoms with Gasteiger partial charge < -0.3 is 5.32 Å². The van der Waals surface area contributed by atoms with Crippen molar-refractivity contribution in [1.29, 1.82) is 0 Å². The number of aryl methyl sites for hydroxylation is 1. The number of halogens is 1. The number of H-pyrrole nitrogens is 1. The van der Waals surface area contributed by atoms with E-state index in [4.69, 9.17) is 0 Å². The van der Waals surface area contributed by atoms with Crippen LogP contribution in [0, 0.1) is 12.7 Å². The highest BCUT2D eigenvalue weighted by molar-refractivity contribution is 7.17. The Kier molecular flexibility index (Phi) is 4.28. The molecule has 1 aromatic carbocycles. The van der Waals surface area contributed by atoms with E-state index in [0.717, 1.165) is 26.8 Å². The van der Waals surface area contributed by atoms with Crippen molar-refractivity contribution in [3.05, 3.63) is 75.0 Å². The average molecular weight is 383 g/mol. The van der Waals surface area contributed by atoms with Crippen molar-refractivity contribution < 1.29 is 9.18 Å². The molecule has 27 heavy (non-hydrogen) atoms. The van der Waals surface area contributed by atoms with Crippen LogP contribution in [0.4, 0.5) is 4.39 Å². The van der Waals surface area contributed by atoms with E-state index in [1.165, 1.54) is 35.6 Å². The molecular weight excluding hydrogens is 369 g/mol. The van der Waals surface area contributed by atoms with Crippen LogP contribution >= 0.6 is 11.3 Å². The fourth-order valence-electron chi connectivity index (χ4n) is 2.64. The number of aromatic amines is 1. The lowest BCUT2D eigenvalue weighted by Crippen LogP contribution is -2.25. The van der Waals surface area contributed by atoms with Gasteiger partial charge in [0.05, 0.1) is 12.2 Å². The highest BCUT2D eigenvalue weighted by Gasteiger charge is 2.14. The van der Waals surface area contributed by atoms with E-state index in [9.17, 15) is 14.0 Å². The quantitative estimate of drug-likeness (QED) is 0.566. The monoisotopic (exact) mass is 383 g/mol. The first-order valence-electron chi connectivity index (χ1n) is 8.08. The first kappa shape index (κ1) is 17.1. The molecule has 9 heteroatoms. The molecular formula is C18H14FN5O2S. The van der Waals surface area contributed by atoms with Crippen LogP contribution in [0.25, 0.3) is 16.2 Å². The minimum atomic E-state index is -0.372. The maximum Gasteiger partial charge on any atom is 0.272 e. The van der Waals surface area contributed by atoms with Crippen molar-refractivity contribution in [2.24, 2.45) is 0 Å². The summed E-state index contributed by atoms with van der Waals surface area (Å²) in [4.78, 5) is 29.5. The number of hydrogen-bond donors (Lipinski definition) is 2. The Morgan fingerprint density at radius 2 is 2.04 bits per heavy atom. The van der Waals surface area contributed by atoms with Gasteiger partial charge in [-0.15, -0.1) is 0 Å². The molecule has 0 aliphatic carbocycles. The Balaban J connectivity index is 1.53. The molecule has 2 N–H and O–H groups in total. The largest absolute Gasteiger partial charge is 0.346 e. The van der Waals surface area contributed by atoms with E-state index >= 15 is 0 Å². The maximum absolute atomic E-state index is 13.1. The van der Waals surface area contributed by atoms with Crippen LogP contribution in [0.2, 0.25) is 0 Å². The zero-order valence-corrected chi connectivity index (χ0v) is 15.0. The summed E-state index contributed by atoms with van der Waals surface area (Å²) in [7, 11) is 0. The number of benzene rings is 1. The number of rotatable bonds is 4. The highest BCUT2D eigenvalue weighted by atomic mass is 32.1. The SMILES string of the molecule is Cc1c(CNC(=O)c2ccc(=O)[nH]n2)sc2nc(-c3ccc(F)cc3)cn12. The molecule has 0 bridgehead atoms. The topological polar surface area (TPSA) is 92.1 Å². The summed E-state index contributed by atoms with van der Waals surface area (Å²) in [5.74, 6) is -0.658. The second-order valence-corrected chi connectivity index (χ2v) is 6.95. The van der Waals surface area contributed by atoms with E-state index in [2.05, 4.69) is 20.5 Å². The van der Waals surface area contributed by atoms with Crippen LogP contribution < -0.4 is 10.9 Å². The van der Waals surface area contributed by atoms with Crippen LogP contribution in [-0.2, 0) is 6.54 Å². The Morgan fingerprint density at radius 3 is 2.70 bits per heavy atom. The highest BCUT2D eigenvalue weighted by Crippen LogP contribution is 2.27. The molecule has 0 fully saturated rings. The summed E-state index contributed by atoms with van der Waals surface area (Å²) in [5.41, 5.74) is 2.35. The molecule has 7 nitrogen and oxygen atoms in total. The molecule has 1 amide bonds. The molecule has 0 aliphatic heterocycles. The molecule has 0 saturated heterocycles. The van der Waals surface area contributed by atoms with Gasteiger partial charge in [0.1, 0.15) is 11.5 Å². The maximum atomic E-state index is 13.1. The number of amides is 1. The van der Waals surface area contributed by atoms with Gasteiger partial charge in [-0.3, -0.25) is 14.0 Å². The lowest BCUT2D eigenvalue weighted by atomic mass is 10.2. The van der Waals surface area contributed by atoms with Gasteiger partial charge in [-0.1, -0.05) is 11.3 Å². The van der Waals surface area contributed by atoms with Crippen molar-refractivity contribution >= 4 is 22.2 Å². The molecule has 0 saturated carbocycles. The molecule has 4 aromatic rings. The third-order valence-electron chi connectivity index (χ3n) is 4.11. The number of nitrogens with one attached hydrogen (secondary N) is 2. The van der Waals surface area contributed by atoms with E-state index < -0.39 is 0 Å². The van der Waals surface area contributed by atoms with Crippen LogP contribution in [0.1, 0.15) is 21.1 Å². The number of carbonyl (C=O) groups excluding carboxylic acids is 1. The Hall–Kier alpha value is -3.33. The normalized spacial score (nSPS) is 11.0. The summed E-state index contributed by atoms with van der Waals surface area (Å²) in [6, 6.07) is 8.81. The van der Waals surface area contributed by atoms with Crippen LogP contribution in [0.3, 0.4) is 0 Å². The Bertz CT molecular complexity index is 1170. The number of nitrogens with zero attached hydrogens (tertiary/aromatic N) is 3. The summed E-state index contributed by atoms with van der Waals surface area (Å²) in [5, 5.41) is 8.72. The van der Waals surface area contributed by atoms with Crippen molar-refractivity contribution in [3.8, 4) is 11.3 Å². The number of aromatic nitrogens is 4. The van der Waals surface area contributed by atoms with Crippen molar-refractivity contribution in [2.45, 2.75) is 13.5 Å². The molecule has 0 spiro atoms. The number of hydrogen-bond acceptors (Lipinski definition) is 5. The fourth-order valence-corrected chi connectivity index (χ4v) is 3.68. The van der Waals surface area contributed by atoms with Gasteiger partial charge in [0, 0.05) is 28.4 Å². The second-order valence-electron chi connectivity index (χ2n) is 5.89. The van der Waals surface area contributed by atoms with Gasteiger partial charge in [0.15, 0.2) is 4.96 Å². The first-order chi connectivity index (χ1) is 13.0. The summed E-state index contributed by atoms with van der Waals surface area (Å²) in [6.07, 6.45) is 1.89. The second kappa shape index (κ2) is 6.76. The standard InChI is InChI=1S/C18H14FN5O2S/c1-10-15(8-20-17(26)13-6-7-16(25)23-22-13)27-18-21-14(9-24(10)18)11-2-4-12(19)5-3-11/h2-7,9H,8H2,1H3,(H,20,26)(H,23,25). The molecule has 0 unspecified atom stereocenters. The fraction of sp³-hybridized carbons (Fsp3) is 0.111. The number of imidazole rings is 1. The smallest absolute Gasteiger partial charge is 0.272 e. The van der Waals surface area contributed by atoms with E-state index in [0.29, 0.717) is 6.54 Å². The third-order valence-corrected chi connectivity index (χ3v) is 5.27. The lowest BCUT2D eigenvalue weighted by molar-refractivity contribution is 0.0945. The molecule has 3 aromatic heterocycles. The van der Waals surface area contributed by atoms with Gasteiger partial charge in [-0.05, 0) is 37.3 Å². The number of fused-ring (bicyclic) bond motifs is 1. The van der Waals surface area contributed by atoms with Gasteiger partial charge >= 0.3 is 0 Å². The minimum Gasteiger partial charge on any atom is -0.346 e. The third kappa shape index (κ3) is 3.36. The van der Waals surface area contributed by atoms with Crippen molar-refractivity contribution in [2.75, 3.05) is 0 Å². The molecule has 0 aliphatic rings. The van der Waals surface area contributed by atoms with Gasteiger partial charge in [-0.2, -0.15) is 5.10 Å². The van der Waals surface area contributed by atoms with E-state index in [-0.39, 0.29) is 23.0 Å². The lowest BCUT2D eigenvalue weighted by Gasteiger charge is -2.03. The van der Waals surface area contributed by atoms with Crippen molar-refractivity contribution in [1.82, 2.24) is 24.9 Å². The first-order valence-corrected chi connectivity index (χ1v) is 8.90.